The third kappa shape index (κ3) is 4.70. The van der Waals surface area contributed by atoms with E-state index >= 15 is 0 Å². The third-order valence-electron chi connectivity index (χ3n) is 5.76. The molecule has 0 radical (unpaired) electrons. The summed E-state index contributed by atoms with van der Waals surface area (Å²) in [6, 6.07) is 4.90. The Bertz CT molecular complexity index is 712. The van der Waals surface area contributed by atoms with E-state index in [1.807, 2.05) is 0 Å². The fraction of sp³-hybridized carbons (Fsp3) is 0.571. The Morgan fingerprint density at radius 2 is 1.57 bits per heavy atom. The van der Waals surface area contributed by atoms with Crippen molar-refractivity contribution in [3.63, 3.8) is 0 Å². The van der Waals surface area contributed by atoms with Crippen LogP contribution in [0, 0.1) is 5.92 Å². The number of hydrogen-bond acceptors (Lipinski definition) is 6. The Kier molecular flexibility index (Phi) is 6.67. The summed E-state index contributed by atoms with van der Waals surface area (Å²) in [5.41, 5.74) is 0.752. The Morgan fingerprint density at radius 3 is 2.21 bits per heavy atom. The van der Waals surface area contributed by atoms with Crippen molar-refractivity contribution in [2.45, 2.75) is 44.6 Å². The van der Waals surface area contributed by atoms with Crippen molar-refractivity contribution in [3.05, 3.63) is 29.3 Å². The first-order valence-electron chi connectivity index (χ1n) is 9.87. The van der Waals surface area contributed by atoms with Crippen LogP contribution in [-0.2, 0) is 14.3 Å². The molecule has 0 bridgehead atoms. The quantitative estimate of drug-likeness (QED) is 0.781. The zero-order valence-electron chi connectivity index (χ0n) is 16.5. The van der Waals surface area contributed by atoms with E-state index in [1.54, 1.807) is 0 Å². The number of benzene rings is 1. The molecule has 0 unspecified atom stereocenters. The molecule has 1 heterocycles. The zero-order valence-corrected chi connectivity index (χ0v) is 16.5. The molecule has 0 spiro atoms. The number of esters is 2. The lowest BCUT2D eigenvalue weighted by Crippen LogP contribution is -2.49. The van der Waals surface area contributed by atoms with Gasteiger partial charge in [0.2, 0.25) is 5.91 Å². The van der Waals surface area contributed by atoms with Crippen LogP contribution in [0.3, 0.4) is 0 Å². The van der Waals surface area contributed by atoms with E-state index in [0.29, 0.717) is 24.2 Å². The second-order valence-electron chi connectivity index (χ2n) is 7.55. The molecular weight excluding hydrogens is 360 g/mol. The largest absolute Gasteiger partial charge is 0.465 e. The SMILES string of the molecule is COC(=O)c1cc(NC(=O)CN2CCC[C@@H]3CCCC[C@@H]32)cc(C(=O)OC)c1. The lowest BCUT2D eigenvalue weighted by Gasteiger charge is -2.43. The number of hydrogen-bond donors (Lipinski definition) is 1. The summed E-state index contributed by atoms with van der Waals surface area (Å²) in [6.07, 6.45) is 7.31. The predicted octanol–water partition coefficient (Wildman–Crippen LogP) is 2.85. The Balaban J connectivity index is 1.72. The molecule has 1 saturated carbocycles. The number of amides is 1. The Hall–Kier alpha value is -2.41. The maximum atomic E-state index is 12.7. The minimum absolute atomic E-state index is 0.149. The molecule has 1 saturated heterocycles. The molecule has 152 valence electrons. The molecule has 1 aromatic carbocycles. The lowest BCUT2D eigenvalue weighted by molar-refractivity contribution is -0.118. The molecule has 1 N–H and O–H groups in total. The van der Waals surface area contributed by atoms with Crippen LogP contribution in [0.2, 0.25) is 0 Å². The summed E-state index contributed by atoms with van der Waals surface area (Å²) in [7, 11) is 2.53. The Morgan fingerprint density at radius 1 is 0.964 bits per heavy atom. The highest BCUT2D eigenvalue weighted by atomic mass is 16.5. The number of ether oxygens (including phenoxy) is 2. The van der Waals surface area contributed by atoms with Gasteiger partial charge in [-0.25, -0.2) is 9.59 Å². The van der Waals surface area contributed by atoms with Gasteiger partial charge in [-0.05, 0) is 56.3 Å². The third-order valence-corrected chi connectivity index (χ3v) is 5.76. The molecule has 1 aliphatic heterocycles. The van der Waals surface area contributed by atoms with Crippen molar-refractivity contribution in [1.29, 1.82) is 0 Å². The summed E-state index contributed by atoms with van der Waals surface area (Å²) in [4.78, 5) is 38.7. The van der Waals surface area contributed by atoms with Crippen LogP contribution in [0.4, 0.5) is 5.69 Å². The van der Waals surface area contributed by atoms with Gasteiger partial charge >= 0.3 is 11.9 Å². The normalized spacial score (nSPS) is 22.1. The van der Waals surface area contributed by atoms with E-state index in [9.17, 15) is 14.4 Å². The minimum atomic E-state index is -0.581. The number of anilines is 1. The first kappa shape index (κ1) is 20.3. The fourth-order valence-corrected chi connectivity index (χ4v) is 4.48. The smallest absolute Gasteiger partial charge is 0.337 e. The van der Waals surface area contributed by atoms with Crippen molar-refractivity contribution in [2.75, 3.05) is 32.6 Å². The van der Waals surface area contributed by atoms with Crippen LogP contribution >= 0.6 is 0 Å². The van der Waals surface area contributed by atoms with Crippen LogP contribution in [0.1, 0.15) is 59.2 Å². The van der Waals surface area contributed by atoms with E-state index in [1.165, 1.54) is 58.1 Å². The maximum absolute atomic E-state index is 12.7. The molecule has 3 rings (SSSR count). The number of fused-ring (bicyclic) bond motifs is 1. The zero-order chi connectivity index (χ0) is 20.1. The van der Waals surface area contributed by atoms with Gasteiger partial charge in [-0.15, -0.1) is 0 Å². The number of likely N-dealkylation sites (tertiary alicyclic amines) is 1. The predicted molar refractivity (Wildman–Crippen MR) is 104 cm³/mol. The van der Waals surface area contributed by atoms with Crippen molar-refractivity contribution in [3.8, 4) is 0 Å². The molecule has 2 aliphatic rings. The summed E-state index contributed by atoms with van der Waals surface area (Å²) in [5, 5.41) is 2.83. The molecule has 28 heavy (non-hydrogen) atoms. The van der Waals surface area contributed by atoms with Gasteiger partial charge in [0.05, 0.1) is 31.9 Å². The number of rotatable bonds is 5. The number of nitrogens with one attached hydrogen (secondary N) is 1. The topological polar surface area (TPSA) is 84.9 Å². The second-order valence-corrected chi connectivity index (χ2v) is 7.55. The van der Waals surface area contributed by atoms with Gasteiger partial charge in [-0.1, -0.05) is 12.8 Å². The van der Waals surface area contributed by atoms with Gasteiger partial charge in [0, 0.05) is 11.7 Å². The summed E-state index contributed by atoms with van der Waals surface area (Å²) >= 11 is 0. The molecule has 0 aromatic heterocycles. The van der Waals surface area contributed by atoms with Gasteiger partial charge in [0.25, 0.3) is 0 Å². The van der Waals surface area contributed by atoms with E-state index in [0.717, 1.165) is 19.4 Å². The number of nitrogens with zero attached hydrogens (tertiary/aromatic N) is 1. The molecule has 2 atom stereocenters. The van der Waals surface area contributed by atoms with E-state index in [4.69, 9.17) is 9.47 Å². The molecule has 1 amide bonds. The molecule has 1 aromatic rings. The van der Waals surface area contributed by atoms with E-state index in [-0.39, 0.29) is 17.0 Å². The molecular formula is C21H28N2O5. The lowest BCUT2D eigenvalue weighted by atomic mass is 9.78. The minimum Gasteiger partial charge on any atom is -0.465 e. The van der Waals surface area contributed by atoms with Gasteiger partial charge in [-0.2, -0.15) is 0 Å². The van der Waals surface area contributed by atoms with Crippen molar-refractivity contribution in [1.82, 2.24) is 4.90 Å². The summed E-state index contributed by atoms with van der Waals surface area (Å²) in [5.74, 6) is -0.613. The van der Waals surface area contributed by atoms with Gasteiger partial charge in [-0.3, -0.25) is 9.69 Å². The maximum Gasteiger partial charge on any atom is 0.337 e. The van der Waals surface area contributed by atoms with Crippen LogP contribution in [0.25, 0.3) is 0 Å². The average molecular weight is 388 g/mol. The standard InChI is InChI=1S/C21H28N2O5/c1-27-20(25)15-10-16(21(26)28-2)12-17(11-15)22-19(24)13-23-9-5-7-14-6-3-4-8-18(14)23/h10-12,14,18H,3-9,13H2,1-2H3,(H,22,24)/t14-,18-/m0/s1. The average Bonchev–Trinajstić information content (AvgIpc) is 2.72. The second kappa shape index (κ2) is 9.19. The molecule has 1 aliphatic carbocycles. The highest BCUT2D eigenvalue weighted by molar-refractivity contribution is 5.99. The number of carbonyl (C=O) groups excluding carboxylic acids is 3. The summed E-state index contributed by atoms with van der Waals surface area (Å²) in [6.45, 7) is 1.25. The fourth-order valence-electron chi connectivity index (χ4n) is 4.48. The molecule has 7 heteroatoms. The number of methoxy groups -OCH3 is 2. The Labute approximate surface area is 165 Å². The highest BCUT2D eigenvalue weighted by Gasteiger charge is 2.33. The van der Waals surface area contributed by atoms with Gasteiger partial charge in [0.1, 0.15) is 0 Å². The monoisotopic (exact) mass is 388 g/mol. The highest BCUT2D eigenvalue weighted by Crippen LogP contribution is 2.35. The first-order valence-corrected chi connectivity index (χ1v) is 9.87. The number of carbonyl (C=O) groups is 3. The van der Waals surface area contributed by atoms with Crippen LogP contribution < -0.4 is 5.32 Å². The first-order chi connectivity index (χ1) is 13.5. The van der Waals surface area contributed by atoms with E-state index in [2.05, 4.69) is 10.2 Å². The number of piperidine rings is 1. The van der Waals surface area contributed by atoms with Gasteiger partial charge in [0.15, 0.2) is 0 Å². The van der Waals surface area contributed by atoms with Crippen molar-refractivity contribution < 1.29 is 23.9 Å². The van der Waals surface area contributed by atoms with Gasteiger partial charge < -0.3 is 14.8 Å². The summed E-state index contributed by atoms with van der Waals surface area (Å²) < 4.78 is 9.47. The molecule has 2 fully saturated rings. The molecule has 7 nitrogen and oxygen atoms in total. The van der Waals surface area contributed by atoms with Crippen LogP contribution in [-0.4, -0.2) is 56.1 Å². The van der Waals surface area contributed by atoms with Crippen LogP contribution in [0.15, 0.2) is 18.2 Å². The van der Waals surface area contributed by atoms with Crippen LogP contribution in [0.5, 0.6) is 0 Å². The van der Waals surface area contributed by atoms with Crippen molar-refractivity contribution in [2.24, 2.45) is 5.92 Å². The van der Waals surface area contributed by atoms with E-state index < -0.39 is 11.9 Å². The van der Waals surface area contributed by atoms with Crippen molar-refractivity contribution >= 4 is 23.5 Å².